The third kappa shape index (κ3) is 4.35. The monoisotopic (exact) mass is 327 g/mol. The van der Waals surface area contributed by atoms with Crippen LogP contribution in [0.1, 0.15) is 43.1 Å². The van der Waals surface area contributed by atoms with Gasteiger partial charge in [0.15, 0.2) is 0 Å². The number of carbonyl (C=O) groups is 1. The maximum absolute atomic E-state index is 11.8. The van der Waals surface area contributed by atoms with Gasteiger partial charge in [0, 0.05) is 29.8 Å². The van der Waals surface area contributed by atoms with Crippen LogP contribution in [0.5, 0.6) is 0 Å². The molecule has 1 aliphatic heterocycles. The van der Waals surface area contributed by atoms with Crippen LogP contribution >= 0.6 is 15.9 Å². The molecule has 0 bridgehead atoms. The maximum Gasteiger partial charge on any atom is 0.267 e. The number of halogens is 1. The Labute approximate surface area is 123 Å². The minimum atomic E-state index is -0.0302. The zero-order chi connectivity index (χ0) is 13.7. The molecular formula is C14H22BrN3O. The van der Waals surface area contributed by atoms with Gasteiger partial charge in [0.25, 0.3) is 5.91 Å². The average molecular weight is 328 g/mol. The number of carbonyl (C=O) groups excluding carboxylic acids is 1. The zero-order valence-corrected chi connectivity index (χ0v) is 13.0. The molecule has 1 amide bonds. The number of rotatable bonds is 5. The molecule has 0 radical (unpaired) electrons. The van der Waals surface area contributed by atoms with Gasteiger partial charge in [-0.3, -0.25) is 4.79 Å². The maximum atomic E-state index is 11.8. The van der Waals surface area contributed by atoms with E-state index in [1.807, 2.05) is 0 Å². The Morgan fingerprint density at radius 2 is 2.42 bits per heavy atom. The smallest absolute Gasteiger partial charge is 0.267 e. The Balaban J connectivity index is 1.65. The number of likely N-dealkylation sites (tertiary alicyclic amines) is 1. The quantitative estimate of drug-likeness (QED) is 0.817. The van der Waals surface area contributed by atoms with E-state index in [9.17, 15) is 4.79 Å². The average Bonchev–Trinajstić information content (AvgIpc) is 2.83. The van der Waals surface area contributed by atoms with E-state index >= 15 is 0 Å². The van der Waals surface area contributed by atoms with Crippen LogP contribution in [0, 0.1) is 0 Å². The van der Waals surface area contributed by atoms with Gasteiger partial charge in [-0.05, 0) is 54.7 Å². The minimum Gasteiger partial charge on any atom is -0.356 e. The van der Waals surface area contributed by atoms with Crippen molar-refractivity contribution in [1.29, 1.82) is 0 Å². The Hall–Kier alpha value is -0.810. The molecule has 0 aliphatic carbocycles. The lowest BCUT2D eigenvalue weighted by Gasteiger charge is -2.33. The molecular weight excluding hydrogens is 306 g/mol. The molecule has 1 fully saturated rings. The van der Waals surface area contributed by atoms with Crippen molar-refractivity contribution in [1.82, 2.24) is 15.2 Å². The van der Waals surface area contributed by atoms with Gasteiger partial charge in [-0.15, -0.1) is 0 Å². The summed E-state index contributed by atoms with van der Waals surface area (Å²) in [5, 5.41) is 2.95. The third-order valence-electron chi connectivity index (χ3n) is 3.74. The second kappa shape index (κ2) is 7.10. The van der Waals surface area contributed by atoms with E-state index in [0.29, 0.717) is 11.7 Å². The van der Waals surface area contributed by atoms with Crippen LogP contribution in [0.3, 0.4) is 0 Å². The number of hydrogen-bond donors (Lipinski definition) is 2. The largest absolute Gasteiger partial charge is 0.356 e. The van der Waals surface area contributed by atoms with Crippen LogP contribution in [0.4, 0.5) is 0 Å². The summed E-state index contributed by atoms with van der Waals surface area (Å²) in [7, 11) is 0. The molecule has 1 aromatic heterocycles. The first-order valence-corrected chi connectivity index (χ1v) is 7.82. The summed E-state index contributed by atoms with van der Waals surface area (Å²) in [6, 6.07) is 2.49. The molecule has 1 atom stereocenters. The van der Waals surface area contributed by atoms with E-state index in [1.54, 1.807) is 12.3 Å². The summed E-state index contributed by atoms with van der Waals surface area (Å²) in [6.07, 6.45) is 6.76. The topological polar surface area (TPSA) is 48.1 Å². The minimum absolute atomic E-state index is 0.0302. The fourth-order valence-corrected chi connectivity index (χ4v) is 2.91. The number of H-pyrrole nitrogens is 1. The summed E-state index contributed by atoms with van der Waals surface area (Å²) in [4.78, 5) is 17.3. The van der Waals surface area contributed by atoms with Crippen LogP contribution in [-0.4, -0.2) is 41.5 Å². The Morgan fingerprint density at radius 3 is 3.11 bits per heavy atom. The normalized spacial score (nSPS) is 20.4. The van der Waals surface area contributed by atoms with Crippen LogP contribution in [0.25, 0.3) is 0 Å². The number of nitrogens with zero attached hydrogens (tertiary/aromatic N) is 1. The first kappa shape index (κ1) is 14.6. The SMILES string of the molecule is CC1CCCCN1CCCNC(=O)c1cc(Br)c[nH]1. The highest BCUT2D eigenvalue weighted by atomic mass is 79.9. The van der Waals surface area contributed by atoms with Crippen molar-refractivity contribution in [3.05, 3.63) is 22.4 Å². The molecule has 1 unspecified atom stereocenters. The van der Waals surface area contributed by atoms with Crippen molar-refractivity contribution in [3.8, 4) is 0 Å². The second-order valence-corrected chi connectivity index (χ2v) is 6.14. The third-order valence-corrected chi connectivity index (χ3v) is 4.20. The molecule has 19 heavy (non-hydrogen) atoms. The standard InChI is InChI=1S/C14H22BrN3O/c1-11-5-2-3-7-18(11)8-4-6-16-14(19)13-9-12(15)10-17-13/h9-11,17H,2-8H2,1H3,(H,16,19). The highest BCUT2D eigenvalue weighted by Crippen LogP contribution is 2.16. The van der Waals surface area contributed by atoms with Crippen LogP contribution in [0.15, 0.2) is 16.7 Å². The van der Waals surface area contributed by atoms with Crippen molar-refractivity contribution >= 4 is 21.8 Å². The highest BCUT2D eigenvalue weighted by molar-refractivity contribution is 9.10. The molecule has 4 nitrogen and oxygen atoms in total. The van der Waals surface area contributed by atoms with E-state index in [-0.39, 0.29) is 5.91 Å². The van der Waals surface area contributed by atoms with E-state index in [1.165, 1.54) is 25.8 Å². The molecule has 2 N–H and O–H groups in total. The summed E-state index contributed by atoms with van der Waals surface area (Å²) >= 11 is 3.32. The predicted molar refractivity (Wildman–Crippen MR) is 80.3 cm³/mol. The molecule has 2 heterocycles. The molecule has 1 aliphatic rings. The second-order valence-electron chi connectivity index (χ2n) is 5.22. The lowest BCUT2D eigenvalue weighted by atomic mass is 10.0. The molecule has 0 saturated carbocycles. The molecule has 2 rings (SSSR count). The van der Waals surface area contributed by atoms with Gasteiger partial charge in [-0.25, -0.2) is 0 Å². The van der Waals surface area contributed by atoms with Crippen molar-refractivity contribution in [2.45, 2.75) is 38.6 Å². The van der Waals surface area contributed by atoms with Crippen molar-refractivity contribution < 1.29 is 4.79 Å². The predicted octanol–water partition coefficient (Wildman–Crippen LogP) is 2.77. The van der Waals surface area contributed by atoms with E-state index < -0.39 is 0 Å². The van der Waals surface area contributed by atoms with Crippen molar-refractivity contribution in [3.63, 3.8) is 0 Å². The fourth-order valence-electron chi connectivity index (χ4n) is 2.57. The number of piperidine rings is 1. The van der Waals surface area contributed by atoms with Gasteiger partial charge in [0.05, 0.1) is 0 Å². The van der Waals surface area contributed by atoms with E-state index in [2.05, 4.69) is 38.1 Å². The summed E-state index contributed by atoms with van der Waals surface area (Å²) in [5.41, 5.74) is 0.609. The fraction of sp³-hybridized carbons (Fsp3) is 0.643. The van der Waals surface area contributed by atoms with Gasteiger partial charge in [-0.2, -0.15) is 0 Å². The van der Waals surface area contributed by atoms with Gasteiger partial charge in [0.2, 0.25) is 0 Å². The van der Waals surface area contributed by atoms with E-state index in [4.69, 9.17) is 0 Å². The number of hydrogen-bond acceptors (Lipinski definition) is 2. The van der Waals surface area contributed by atoms with E-state index in [0.717, 1.165) is 24.0 Å². The summed E-state index contributed by atoms with van der Waals surface area (Å²) in [6.45, 7) is 5.32. The van der Waals surface area contributed by atoms with Crippen LogP contribution in [0.2, 0.25) is 0 Å². The van der Waals surface area contributed by atoms with Crippen molar-refractivity contribution in [2.24, 2.45) is 0 Å². The molecule has 106 valence electrons. The van der Waals surface area contributed by atoms with Crippen LogP contribution < -0.4 is 5.32 Å². The number of aromatic amines is 1. The lowest BCUT2D eigenvalue weighted by molar-refractivity contribution is 0.0944. The molecule has 5 heteroatoms. The summed E-state index contributed by atoms with van der Waals surface area (Å²) < 4.78 is 0.903. The highest BCUT2D eigenvalue weighted by Gasteiger charge is 2.17. The number of nitrogens with one attached hydrogen (secondary N) is 2. The van der Waals surface area contributed by atoms with Crippen molar-refractivity contribution in [2.75, 3.05) is 19.6 Å². The molecule has 0 spiro atoms. The molecule has 1 saturated heterocycles. The van der Waals surface area contributed by atoms with Gasteiger partial charge < -0.3 is 15.2 Å². The summed E-state index contributed by atoms with van der Waals surface area (Å²) in [5.74, 6) is -0.0302. The Morgan fingerprint density at radius 1 is 1.58 bits per heavy atom. The Bertz CT molecular complexity index is 419. The first-order valence-electron chi connectivity index (χ1n) is 7.03. The lowest BCUT2D eigenvalue weighted by Crippen LogP contribution is -2.39. The Kier molecular flexibility index (Phi) is 5.45. The first-order chi connectivity index (χ1) is 9.16. The zero-order valence-electron chi connectivity index (χ0n) is 11.4. The molecule has 1 aromatic rings. The molecule has 0 aromatic carbocycles. The van der Waals surface area contributed by atoms with Gasteiger partial charge in [-0.1, -0.05) is 6.42 Å². The number of aromatic nitrogens is 1. The van der Waals surface area contributed by atoms with Crippen LogP contribution in [-0.2, 0) is 0 Å². The van der Waals surface area contributed by atoms with Gasteiger partial charge >= 0.3 is 0 Å². The van der Waals surface area contributed by atoms with Gasteiger partial charge in [0.1, 0.15) is 5.69 Å². The number of amides is 1.